The average Bonchev–Trinajstić information content (AvgIpc) is 2.68. The van der Waals surface area contributed by atoms with Crippen molar-refractivity contribution in [2.24, 2.45) is 0 Å². The minimum absolute atomic E-state index is 0.0772. The van der Waals surface area contributed by atoms with Crippen molar-refractivity contribution in [2.75, 3.05) is 36.4 Å². The summed E-state index contributed by atoms with van der Waals surface area (Å²) in [4.78, 5) is 36.8. The number of ether oxygens (including phenoxy) is 1. The molecule has 8 heteroatoms. The van der Waals surface area contributed by atoms with Gasteiger partial charge in [0, 0.05) is 44.9 Å². The van der Waals surface area contributed by atoms with Gasteiger partial charge in [0.2, 0.25) is 5.91 Å². The predicted molar refractivity (Wildman–Crippen MR) is 111 cm³/mol. The van der Waals surface area contributed by atoms with Crippen molar-refractivity contribution in [2.45, 2.75) is 33.8 Å². The van der Waals surface area contributed by atoms with Gasteiger partial charge in [-0.05, 0) is 45.0 Å². The van der Waals surface area contributed by atoms with Crippen LogP contribution in [0.15, 0.2) is 30.3 Å². The van der Waals surface area contributed by atoms with Crippen LogP contribution in [0, 0.1) is 6.92 Å². The number of amides is 2. The van der Waals surface area contributed by atoms with Crippen molar-refractivity contribution in [3.63, 3.8) is 0 Å². The van der Waals surface area contributed by atoms with E-state index >= 15 is 0 Å². The van der Waals surface area contributed by atoms with Crippen molar-refractivity contribution in [1.82, 2.24) is 14.9 Å². The number of hydrogen-bond acceptors (Lipinski definition) is 6. The van der Waals surface area contributed by atoms with Crippen LogP contribution >= 0.6 is 0 Å². The van der Waals surface area contributed by atoms with Gasteiger partial charge in [-0.25, -0.2) is 9.97 Å². The predicted octanol–water partition coefficient (Wildman–Crippen LogP) is 2.49. The van der Waals surface area contributed by atoms with Crippen molar-refractivity contribution in [3.05, 3.63) is 41.9 Å². The summed E-state index contributed by atoms with van der Waals surface area (Å²) in [6.07, 6.45) is 0.0927. The molecule has 1 fully saturated rings. The minimum Gasteiger partial charge on any atom is -0.491 e. The molecule has 29 heavy (non-hydrogen) atoms. The van der Waals surface area contributed by atoms with Crippen molar-refractivity contribution in [1.29, 1.82) is 0 Å². The maximum atomic E-state index is 12.7. The van der Waals surface area contributed by atoms with E-state index < -0.39 is 0 Å². The average molecular weight is 397 g/mol. The topological polar surface area (TPSA) is 87.7 Å². The molecular weight excluding hydrogens is 370 g/mol. The molecule has 0 saturated carbocycles. The zero-order valence-electron chi connectivity index (χ0n) is 17.3. The Hall–Kier alpha value is -3.16. The molecule has 2 aromatic rings. The maximum Gasteiger partial charge on any atom is 0.274 e. The van der Waals surface area contributed by atoms with E-state index in [2.05, 4.69) is 20.2 Å². The van der Waals surface area contributed by atoms with E-state index in [1.807, 2.05) is 30.9 Å². The van der Waals surface area contributed by atoms with Gasteiger partial charge in [-0.3, -0.25) is 9.59 Å². The van der Waals surface area contributed by atoms with E-state index in [1.54, 1.807) is 32.0 Å². The van der Waals surface area contributed by atoms with Gasteiger partial charge in [-0.1, -0.05) is 0 Å². The third kappa shape index (κ3) is 5.43. The first kappa shape index (κ1) is 20.6. The number of carbonyl (C=O) groups is 2. The SMILES string of the molecule is CC(=O)N1CCN(c2cc(C(=O)Nc3ccc(OC(C)C)cc3)nc(C)n2)CC1. The Balaban J connectivity index is 1.69. The van der Waals surface area contributed by atoms with Gasteiger partial charge < -0.3 is 19.9 Å². The number of carbonyl (C=O) groups excluding carboxylic acids is 2. The van der Waals surface area contributed by atoms with E-state index in [0.717, 1.165) is 5.75 Å². The molecule has 0 atom stereocenters. The van der Waals surface area contributed by atoms with Crippen LogP contribution in [-0.2, 0) is 4.79 Å². The summed E-state index contributed by atoms with van der Waals surface area (Å²) >= 11 is 0. The summed E-state index contributed by atoms with van der Waals surface area (Å²) in [6.45, 7) is 9.91. The quantitative estimate of drug-likeness (QED) is 0.834. The van der Waals surface area contributed by atoms with Gasteiger partial charge in [-0.2, -0.15) is 0 Å². The van der Waals surface area contributed by atoms with E-state index in [4.69, 9.17) is 4.74 Å². The van der Waals surface area contributed by atoms with Gasteiger partial charge in [0.1, 0.15) is 23.1 Å². The molecular formula is C21H27N5O3. The largest absolute Gasteiger partial charge is 0.491 e. The molecule has 1 aromatic carbocycles. The molecule has 1 aromatic heterocycles. The Labute approximate surface area is 170 Å². The molecule has 0 aliphatic carbocycles. The van der Waals surface area contributed by atoms with Crippen LogP contribution in [0.1, 0.15) is 37.1 Å². The zero-order chi connectivity index (χ0) is 21.0. The van der Waals surface area contributed by atoms with Gasteiger partial charge in [0.25, 0.3) is 5.91 Å². The second-order valence-electron chi connectivity index (χ2n) is 7.30. The standard InChI is InChI=1S/C21H27N5O3/c1-14(2)29-18-7-5-17(6-8-18)24-21(28)19-13-20(23-15(3)22-19)26-11-9-25(10-12-26)16(4)27/h5-8,13-14H,9-12H2,1-4H3,(H,24,28). The van der Waals surface area contributed by atoms with Gasteiger partial charge >= 0.3 is 0 Å². The molecule has 8 nitrogen and oxygen atoms in total. The summed E-state index contributed by atoms with van der Waals surface area (Å²) in [6, 6.07) is 8.93. The third-order valence-electron chi connectivity index (χ3n) is 4.59. The second-order valence-corrected chi connectivity index (χ2v) is 7.30. The van der Waals surface area contributed by atoms with Crippen LogP contribution in [0.3, 0.4) is 0 Å². The molecule has 154 valence electrons. The summed E-state index contributed by atoms with van der Waals surface area (Å²) in [5.41, 5.74) is 0.975. The Kier molecular flexibility index (Phi) is 6.31. The lowest BCUT2D eigenvalue weighted by Gasteiger charge is -2.35. The minimum atomic E-state index is -0.295. The second kappa shape index (κ2) is 8.89. The molecule has 0 unspecified atom stereocenters. The Morgan fingerprint density at radius 1 is 1.07 bits per heavy atom. The molecule has 0 bridgehead atoms. The van der Waals surface area contributed by atoms with Gasteiger partial charge in [0.15, 0.2) is 0 Å². The Morgan fingerprint density at radius 2 is 1.72 bits per heavy atom. The number of benzene rings is 1. The molecule has 1 N–H and O–H groups in total. The van der Waals surface area contributed by atoms with Crippen molar-refractivity contribution in [3.8, 4) is 5.75 Å². The third-order valence-corrected chi connectivity index (χ3v) is 4.59. The molecule has 1 aliphatic rings. The lowest BCUT2D eigenvalue weighted by atomic mass is 10.2. The Morgan fingerprint density at radius 3 is 2.31 bits per heavy atom. The van der Waals surface area contributed by atoms with Crippen LogP contribution in [0.25, 0.3) is 0 Å². The highest BCUT2D eigenvalue weighted by atomic mass is 16.5. The maximum absolute atomic E-state index is 12.7. The molecule has 1 aliphatic heterocycles. The Bertz CT molecular complexity index is 874. The fraction of sp³-hybridized carbons (Fsp3) is 0.429. The monoisotopic (exact) mass is 397 g/mol. The van der Waals surface area contributed by atoms with E-state index in [1.165, 1.54) is 0 Å². The van der Waals surface area contributed by atoms with Crippen LogP contribution in [0.4, 0.5) is 11.5 Å². The highest BCUT2D eigenvalue weighted by Crippen LogP contribution is 2.19. The summed E-state index contributed by atoms with van der Waals surface area (Å²) in [5.74, 6) is 1.77. The highest BCUT2D eigenvalue weighted by molar-refractivity contribution is 6.03. The van der Waals surface area contributed by atoms with Gasteiger partial charge in [-0.15, -0.1) is 0 Å². The molecule has 2 heterocycles. The normalized spacial score (nSPS) is 14.1. The fourth-order valence-electron chi connectivity index (χ4n) is 3.16. The first-order chi connectivity index (χ1) is 13.8. The van der Waals surface area contributed by atoms with Crippen molar-refractivity contribution >= 4 is 23.3 Å². The van der Waals surface area contributed by atoms with Gasteiger partial charge in [0.05, 0.1) is 6.10 Å². The number of piperazine rings is 1. The fourth-order valence-corrected chi connectivity index (χ4v) is 3.16. The van der Waals surface area contributed by atoms with Crippen molar-refractivity contribution < 1.29 is 14.3 Å². The number of hydrogen-bond donors (Lipinski definition) is 1. The lowest BCUT2D eigenvalue weighted by molar-refractivity contribution is -0.129. The zero-order valence-corrected chi connectivity index (χ0v) is 17.3. The first-order valence-corrected chi connectivity index (χ1v) is 9.76. The lowest BCUT2D eigenvalue weighted by Crippen LogP contribution is -2.48. The summed E-state index contributed by atoms with van der Waals surface area (Å²) in [5, 5.41) is 2.86. The number of aryl methyl sites for hydroxylation is 1. The summed E-state index contributed by atoms with van der Waals surface area (Å²) in [7, 11) is 0. The van der Waals surface area contributed by atoms with Crippen LogP contribution < -0.4 is 15.0 Å². The van der Waals surface area contributed by atoms with E-state index in [0.29, 0.717) is 49.2 Å². The molecule has 2 amide bonds. The molecule has 0 radical (unpaired) electrons. The highest BCUT2D eigenvalue weighted by Gasteiger charge is 2.21. The van der Waals surface area contributed by atoms with E-state index in [-0.39, 0.29) is 17.9 Å². The number of anilines is 2. The molecule has 1 saturated heterocycles. The van der Waals surface area contributed by atoms with Crippen LogP contribution in [0.5, 0.6) is 5.75 Å². The first-order valence-electron chi connectivity index (χ1n) is 9.76. The van der Waals surface area contributed by atoms with Crippen LogP contribution in [0.2, 0.25) is 0 Å². The smallest absolute Gasteiger partial charge is 0.274 e. The number of nitrogens with zero attached hydrogens (tertiary/aromatic N) is 4. The number of nitrogens with one attached hydrogen (secondary N) is 1. The molecule has 3 rings (SSSR count). The number of aromatic nitrogens is 2. The van der Waals surface area contributed by atoms with Crippen LogP contribution in [-0.4, -0.2) is 59.0 Å². The summed E-state index contributed by atoms with van der Waals surface area (Å²) < 4.78 is 5.62. The molecule has 0 spiro atoms. The number of rotatable bonds is 5. The van der Waals surface area contributed by atoms with E-state index in [9.17, 15) is 9.59 Å².